The van der Waals surface area contributed by atoms with Crippen LogP contribution in [0.2, 0.25) is 0 Å². The van der Waals surface area contributed by atoms with E-state index in [1.54, 1.807) is 0 Å². The molecule has 0 bridgehead atoms. The first-order valence-corrected chi connectivity index (χ1v) is 8.25. The summed E-state index contributed by atoms with van der Waals surface area (Å²) in [6.07, 6.45) is 3.82. The summed E-state index contributed by atoms with van der Waals surface area (Å²) in [4.78, 5) is 11.8. The molecule has 116 valence electrons. The maximum absolute atomic E-state index is 11.8. The van der Waals surface area contributed by atoms with E-state index >= 15 is 0 Å². The maximum atomic E-state index is 11.8. The van der Waals surface area contributed by atoms with Crippen molar-refractivity contribution < 1.29 is 9.53 Å². The van der Waals surface area contributed by atoms with Gasteiger partial charge in [0.15, 0.2) is 6.61 Å². The number of rotatable bonds is 7. The van der Waals surface area contributed by atoms with E-state index in [1.807, 2.05) is 19.1 Å². The summed E-state index contributed by atoms with van der Waals surface area (Å²) >= 11 is 3.50. The molecule has 0 aliphatic heterocycles. The molecule has 0 heterocycles. The number of nitrogens with two attached hydrogens (primary N) is 1. The lowest BCUT2D eigenvalue weighted by Gasteiger charge is -2.17. The van der Waals surface area contributed by atoms with Gasteiger partial charge in [-0.15, -0.1) is 0 Å². The Hall–Kier alpha value is -1.07. The first kappa shape index (κ1) is 16.3. The lowest BCUT2D eigenvalue weighted by molar-refractivity contribution is -0.123. The predicted molar refractivity (Wildman–Crippen MR) is 87.5 cm³/mol. The van der Waals surface area contributed by atoms with Crippen LogP contribution in [-0.4, -0.2) is 24.6 Å². The van der Waals surface area contributed by atoms with Gasteiger partial charge in [-0.05, 0) is 55.9 Å². The van der Waals surface area contributed by atoms with Gasteiger partial charge in [0.05, 0.1) is 0 Å². The fraction of sp³-hybridized carbons (Fsp3) is 0.562. The van der Waals surface area contributed by atoms with E-state index in [4.69, 9.17) is 10.5 Å². The molecule has 21 heavy (non-hydrogen) atoms. The molecule has 3 N–H and O–H groups in total. The van der Waals surface area contributed by atoms with Crippen LogP contribution in [0.5, 0.6) is 5.75 Å². The molecule has 1 amide bonds. The molecule has 0 radical (unpaired) electrons. The van der Waals surface area contributed by atoms with E-state index in [0.29, 0.717) is 6.04 Å². The van der Waals surface area contributed by atoms with Crippen LogP contribution < -0.4 is 15.8 Å². The van der Waals surface area contributed by atoms with Gasteiger partial charge in [-0.1, -0.05) is 22.9 Å². The van der Waals surface area contributed by atoms with Gasteiger partial charge in [-0.3, -0.25) is 4.79 Å². The lowest BCUT2D eigenvalue weighted by atomic mass is 10.0. The fourth-order valence-corrected chi connectivity index (χ4v) is 2.84. The van der Waals surface area contributed by atoms with Gasteiger partial charge in [0.25, 0.3) is 5.91 Å². The molecule has 1 aromatic carbocycles. The topological polar surface area (TPSA) is 64.3 Å². The van der Waals surface area contributed by atoms with E-state index in [-0.39, 0.29) is 18.6 Å². The highest BCUT2D eigenvalue weighted by atomic mass is 79.9. The summed E-state index contributed by atoms with van der Waals surface area (Å²) in [6, 6.07) is 4.48. The van der Waals surface area contributed by atoms with Crippen molar-refractivity contribution in [1.29, 1.82) is 0 Å². The van der Waals surface area contributed by atoms with Crippen LogP contribution in [0.1, 0.15) is 37.3 Å². The number of benzene rings is 1. The second-order valence-corrected chi connectivity index (χ2v) is 6.63. The first-order chi connectivity index (χ1) is 9.99. The molecule has 0 aromatic heterocycles. The Bertz CT molecular complexity index is 515. The predicted octanol–water partition coefficient (Wildman–Crippen LogP) is 2.69. The van der Waals surface area contributed by atoms with Crippen molar-refractivity contribution in [3.05, 3.63) is 27.7 Å². The molecule has 0 saturated heterocycles. The number of amides is 1. The minimum Gasteiger partial charge on any atom is -0.483 e. The summed E-state index contributed by atoms with van der Waals surface area (Å²) in [5.74, 6) is 0.735. The standard InChI is InChI=1S/C16H23BrN2O2/c1-3-13(18)8-11-7-12(17)6-10(2)16(11)21-9-15(20)19-14-4-5-14/h6-7,13-14H,3-5,8-9,18H2,1-2H3,(H,19,20). The lowest BCUT2D eigenvalue weighted by Crippen LogP contribution is -2.31. The van der Waals surface area contributed by atoms with E-state index in [2.05, 4.69) is 28.2 Å². The van der Waals surface area contributed by atoms with Crippen LogP contribution in [0, 0.1) is 6.92 Å². The van der Waals surface area contributed by atoms with Gasteiger partial charge < -0.3 is 15.8 Å². The highest BCUT2D eigenvalue weighted by Crippen LogP contribution is 2.29. The van der Waals surface area contributed by atoms with E-state index in [1.165, 1.54) is 0 Å². The Morgan fingerprint density at radius 3 is 2.86 bits per heavy atom. The third-order valence-corrected chi connectivity index (χ3v) is 4.07. The third kappa shape index (κ3) is 5.00. The van der Waals surface area contributed by atoms with Gasteiger partial charge in [-0.25, -0.2) is 0 Å². The zero-order valence-electron chi connectivity index (χ0n) is 12.6. The molecule has 1 aromatic rings. The number of aryl methyl sites for hydroxylation is 1. The van der Waals surface area contributed by atoms with E-state index in [9.17, 15) is 4.79 Å². The van der Waals surface area contributed by atoms with Crippen LogP contribution in [0.3, 0.4) is 0 Å². The highest BCUT2D eigenvalue weighted by Gasteiger charge is 2.23. The van der Waals surface area contributed by atoms with E-state index in [0.717, 1.165) is 47.0 Å². The second-order valence-electron chi connectivity index (χ2n) is 5.71. The van der Waals surface area contributed by atoms with Gasteiger partial charge in [0.2, 0.25) is 0 Å². The normalized spacial score (nSPS) is 15.6. The minimum atomic E-state index is -0.0504. The van der Waals surface area contributed by atoms with Gasteiger partial charge in [0.1, 0.15) is 5.75 Å². The quantitative estimate of drug-likeness (QED) is 0.791. The average molecular weight is 355 g/mol. The number of ether oxygens (including phenoxy) is 1. The average Bonchev–Trinajstić information content (AvgIpc) is 3.21. The summed E-state index contributed by atoms with van der Waals surface area (Å²) in [6.45, 7) is 4.12. The number of hydrogen-bond acceptors (Lipinski definition) is 3. The number of nitrogens with one attached hydrogen (secondary N) is 1. The molecule has 1 atom stereocenters. The molecule has 1 fully saturated rings. The molecule has 1 aliphatic carbocycles. The summed E-state index contributed by atoms with van der Waals surface area (Å²) < 4.78 is 6.78. The van der Waals surface area contributed by atoms with Crippen molar-refractivity contribution in [1.82, 2.24) is 5.32 Å². The van der Waals surface area contributed by atoms with E-state index < -0.39 is 0 Å². The van der Waals surface area contributed by atoms with Gasteiger partial charge in [0, 0.05) is 16.6 Å². The monoisotopic (exact) mass is 354 g/mol. The third-order valence-electron chi connectivity index (χ3n) is 3.61. The van der Waals surface area contributed by atoms with Crippen molar-refractivity contribution in [2.45, 2.75) is 51.6 Å². The van der Waals surface area contributed by atoms with Gasteiger partial charge >= 0.3 is 0 Å². The maximum Gasteiger partial charge on any atom is 0.258 e. The van der Waals surface area contributed by atoms with Gasteiger partial charge in [-0.2, -0.15) is 0 Å². The zero-order valence-corrected chi connectivity index (χ0v) is 14.2. The van der Waals surface area contributed by atoms with Crippen LogP contribution in [0.4, 0.5) is 0 Å². The smallest absolute Gasteiger partial charge is 0.258 e. The van der Waals surface area contributed by atoms with Crippen LogP contribution in [0.15, 0.2) is 16.6 Å². The molecular weight excluding hydrogens is 332 g/mol. The number of hydrogen-bond donors (Lipinski definition) is 2. The zero-order chi connectivity index (χ0) is 15.4. The Morgan fingerprint density at radius 1 is 1.52 bits per heavy atom. The van der Waals surface area contributed by atoms with Crippen molar-refractivity contribution >= 4 is 21.8 Å². The minimum absolute atomic E-state index is 0.0504. The molecule has 1 unspecified atom stereocenters. The van der Waals surface area contributed by atoms with Crippen LogP contribution in [0.25, 0.3) is 0 Å². The largest absolute Gasteiger partial charge is 0.483 e. The summed E-state index contributed by atoms with van der Waals surface area (Å²) in [5.41, 5.74) is 8.12. The van der Waals surface area contributed by atoms with Crippen molar-refractivity contribution in [3.63, 3.8) is 0 Å². The Morgan fingerprint density at radius 2 is 2.24 bits per heavy atom. The van der Waals surface area contributed by atoms with Crippen LogP contribution >= 0.6 is 15.9 Å². The second kappa shape index (κ2) is 7.27. The number of halogens is 1. The van der Waals surface area contributed by atoms with Crippen molar-refractivity contribution in [2.75, 3.05) is 6.61 Å². The molecule has 2 rings (SSSR count). The Labute approximate surface area is 134 Å². The SMILES string of the molecule is CCC(N)Cc1cc(Br)cc(C)c1OCC(=O)NC1CC1. The molecule has 1 saturated carbocycles. The fourth-order valence-electron chi connectivity index (χ4n) is 2.22. The first-order valence-electron chi connectivity index (χ1n) is 7.46. The molecule has 0 spiro atoms. The molecule has 5 heteroatoms. The Balaban J connectivity index is 2.06. The Kier molecular flexibility index (Phi) is 5.65. The molecule has 4 nitrogen and oxygen atoms in total. The molecular formula is C16H23BrN2O2. The van der Waals surface area contributed by atoms with Crippen molar-refractivity contribution in [3.8, 4) is 5.75 Å². The summed E-state index contributed by atoms with van der Waals surface area (Å²) in [5, 5.41) is 2.93. The summed E-state index contributed by atoms with van der Waals surface area (Å²) in [7, 11) is 0. The number of carbonyl (C=O) groups excluding carboxylic acids is 1. The molecule has 1 aliphatic rings. The highest BCUT2D eigenvalue weighted by molar-refractivity contribution is 9.10. The van der Waals surface area contributed by atoms with Crippen LogP contribution in [-0.2, 0) is 11.2 Å². The van der Waals surface area contributed by atoms with Crippen molar-refractivity contribution in [2.24, 2.45) is 5.73 Å². The number of carbonyl (C=O) groups is 1.